The van der Waals surface area contributed by atoms with Crippen molar-refractivity contribution in [3.8, 4) is 0 Å². The molecular weight excluding hydrogens is 398 g/mol. The van der Waals surface area contributed by atoms with Gasteiger partial charge >= 0.3 is 0 Å². The summed E-state index contributed by atoms with van der Waals surface area (Å²) in [5.74, 6) is 0.584. The fourth-order valence-electron chi connectivity index (χ4n) is 4.67. The highest BCUT2D eigenvalue weighted by atomic mass is 32.1. The first-order valence-electron chi connectivity index (χ1n) is 10.4. The molecule has 2 amide bonds. The van der Waals surface area contributed by atoms with Gasteiger partial charge in [-0.1, -0.05) is 24.3 Å². The molecule has 1 fully saturated rings. The molecule has 1 N–H and O–H groups in total. The van der Waals surface area contributed by atoms with Crippen LogP contribution < -0.4 is 5.32 Å². The highest BCUT2D eigenvalue weighted by molar-refractivity contribution is 7.80. The number of carbonyl (C=O) groups excluding carboxylic acids is 2. The van der Waals surface area contributed by atoms with E-state index in [9.17, 15) is 9.59 Å². The molecule has 1 saturated heterocycles. The molecular formula is C23H25N3O3S. The van der Waals surface area contributed by atoms with Crippen LogP contribution in [0, 0.1) is 0 Å². The van der Waals surface area contributed by atoms with Crippen LogP contribution >= 0.6 is 12.6 Å². The van der Waals surface area contributed by atoms with E-state index in [0.29, 0.717) is 19.4 Å². The number of benzene rings is 1. The molecule has 5 rings (SSSR count). The topological polar surface area (TPSA) is 65.8 Å². The van der Waals surface area contributed by atoms with Crippen molar-refractivity contribution in [3.63, 3.8) is 0 Å². The van der Waals surface area contributed by atoms with Crippen LogP contribution in [-0.4, -0.2) is 40.7 Å². The number of carbonyl (C=O) groups is 2. The maximum Gasteiger partial charge on any atom is 0.243 e. The normalized spacial score (nSPS) is 25.2. The Morgan fingerprint density at radius 1 is 1.20 bits per heavy atom. The molecule has 4 heterocycles. The lowest BCUT2D eigenvalue weighted by atomic mass is 10.0. The van der Waals surface area contributed by atoms with Gasteiger partial charge in [-0.25, -0.2) is 0 Å². The Balaban J connectivity index is 1.26. The molecule has 1 aromatic carbocycles. The minimum absolute atomic E-state index is 0.129. The molecule has 0 bridgehead atoms. The number of nitrogens with one attached hydrogen (secondary N) is 1. The molecule has 2 atom stereocenters. The number of amides is 2. The lowest BCUT2D eigenvalue weighted by Gasteiger charge is -2.32. The van der Waals surface area contributed by atoms with Crippen molar-refractivity contribution < 1.29 is 14.0 Å². The van der Waals surface area contributed by atoms with Crippen LogP contribution in [0.25, 0.3) is 5.57 Å². The Morgan fingerprint density at radius 2 is 2.10 bits per heavy atom. The van der Waals surface area contributed by atoms with Crippen LogP contribution in [0.15, 0.2) is 47.1 Å². The summed E-state index contributed by atoms with van der Waals surface area (Å²) in [6.07, 6.45) is 5.90. The van der Waals surface area contributed by atoms with E-state index in [1.54, 1.807) is 6.26 Å². The SMILES string of the molecule is O=C1CCC(N2Cc3ccc(CN4CC=C(c5ccco5)CC4)cc3C2S)C(=O)N1. The van der Waals surface area contributed by atoms with Crippen LogP contribution in [0.3, 0.4) is 0 Å². The number of piperidine rings is 1. The molecule has 6 nitrogen and oxygen atoms in total. The van der Waals surface area contributed by atoms with E-state index in [1.807, 2.05) is 12.1 Å². The molecule has 30 heavy (non-hydrogen) atoms. The molecule has 2 aromatic rings. The van der Waals surface area contributed by atoms with E-state index in [4.69, 9.17) is 17.0 Å². The fraction of sp³-hybridized carbons (Fsp3) is 0.391. The maximum atomic E-state index is 12.3. The van der Waals surface area contributed by atoms with Gasteiger partial charge in [-0.2, -0.15) is 12.6 Å². The zero-order valence-corrected chi connectivity index (χ0v) is 17.6. The molecule has 3 aliphatic rings. The predicted molar refractivity (Wildman–Crippen MR) is 116 cm³/mol. The molecule has 2 unspecified atom stereocenters. The molecule has 0 aliphatic carbocycles. The average molecular weight is 424 g/mol. The summed E-state index contributed by atoms with van der Waals surface area (Å²) in [6.45, 7) is 3.47. The minimum atomic E-state index is -0.298. The van der Waals surface area contributed by atoms with Gasteiger partial charge in [0.15, 0.2) is 0 Å². The van der Waals surface area contributed by atoms with Crippen molar-refractivity contribution in [1.82, 2.24) is 15.1 Å². The van der Waals surface area contributed by atoms with E-state index >= 15 is 0 Å². The molecule has 3 aliphatic heterocycles. The van der Waals surface area contributed by atoms with Gasteiger partial charge in [-0.05, 0) is 47.2 Å². The van der Waals surface area contributed by atoms with Gasteiger partial charge in [-0.15, -0.1) is 0 Å². The first kappa shape index (κ1) is 19.6. The monoisotopic (exact) mass is 423 g/mol. The van der Waals surface area contributed by atoms with Crippen LogP contribution in [0.4, 0.5) is 0 Å². The van der Waals surface area contributed by atoms with Crippen molar-refractivity contribution >= 4 is 30.0 Å². The third kappa shape index (κ3) is 3.73. The smallest absolute Gasteiger partial charge is 0.243 e. The third-order valence-corrected chi connectivity index (χ3v) is 6.88. The highest BCUT2D eigenvalue weighted by Crippen LogP contribution is 2.39. The minimum Gasteiger partial charge on any atom is -0.465 e. The summed E-state index contributed by atoms with van der Waals surface area (Å²) in [7, 11) is 0. The van der Waals surface area contributed by atoms with Crippen molar-refractivity contribution in [3.05, 3.63) is 65.1 Å². The highest BCUT2D eigenvalue weighted by Gasteiger charge is 2.39. The molecule has 0 radical (unpaired) electrons. The zero-order valence-electron chi connectivity index (χ0n) is 16.7. The number of thiol groups is 1. The number of furan rings is 1. The Bertz CT molecular complexity index is 1000. The second kappa shape index (κ2) is 8.06. The summed E-state index contributed by atoms with van der Waals surface area (Å²) < 4.78 is 5.52. The third-order valence-electron chi connectivity index (χ3n) is 6.30. The summed E-state index contributed by atoms with van der Waals surface area (Å²) in [5.41, 5.74) is 4.92. The van der Waals surface area contributed by atoms with Crippen molar-refractivity contribution in [2.45, 2.75) is 43.8 Å². The predicted octanol–water partition coefficient (Wildman–Crippen LogP) is 3.12. The Labute approximate surface area is 181 Å². The van der Waals surface area contributed by atoms with Crippen molar-refractivity contribution in [2.24, 2.45) is 0 Å². The Kier molecular flexibility index (Phi) is 5.26. The Morgan fingerprint density at radius 3 is 2.83 bits per heavy atom. The van der Waals surface area contributed by atoms with Crippen LogP contribution in [-0.2, 0) is 22.7 Å². The molecule has 0 saturated carbocycles. The van der Waals surface area contributed by atoms with E-state index in [2.05, 4.69) is 39.4 Å². The largest absolute Gasteiger partial charge is 0.465 e. The quantitative estimate of drug-likeness (QED) is 0.584. The first-order chi connectivity index (χ1) is 14.6. The number of nitrogens with zero attached hydrogens (tertiary/aromatic N) is 2. The molecule has 7 heteroatoms. The molecule has 156 valence electrons. The van der Waals surface area contributed by atoms with Crippen molar-refractivity contribution in [1.29, 1.82) is 0 Å². The summed E-state index contributed by atoms with van der Waals surface area (Å²) in [6, 6.07) is 10.2. The summed E-state index contributed by atoms with van der Waals surface area (Å²) in [4.78, 5) is 28.3. The van der Waals surface area contributed by atoms with E-state index in [1.165, 1.54) is 22.3 Å². The first-order valence-corrected chi connectivity index (χ1v) is 10.9. The van der Waals surface area contributed by atoms with Gasteiger partial charge < -0.3 is 4.42 Å². The molecule has 1 aromatic heterocycles. The van der Waals surface area contributed by atoms with Crippen LogP contribution in [0.5, 0.6) is 0 Å². The number of imide groups is 1. The second-order valence-electron chi connectivity index (χ2n) is 8.24. The van der Waals surface area contributed by atoms with E-state index in [0.717, 1.165) is 31.8 Å². The second-order valence-corrected chi connectivity index (χ2v) is 8.73. The summed E-state index contributed by atoms with van der Waals surface area (Å²) in [5, 5.41) is 2.33. The van der Waals surface area contributed by atoms with Gasteiger partial charge in [-0.3, -0.25) is 24.7 Å². The number of rotatable bonds is 4. The van der Waals surface area contributed by atoms with Gasteiger partial charge in [0.2, 0.25) is 11.8 Å². The van der Waals surface area contributed by atoms with Crippen LogP contribution in [0.2, 0.25) is 0 Å². The van der Waals surface area contributed by atoms with Crippen molar-refractivity contribution in [2.75, 3.05) is 13.1 Å². The van der Waals surface area contributed by atoms with E-state index < -0.39 is 0 Å². The van der Waals surface area contributed by atoms with Gasteiger partial charge in [0.25, 0.3) is 0 Å². The number of hydrogen-bond donors (Lipinski definition) is 2. The van der Waals surface area contributed by atoms with E-state index in [-0.39, 0.29) is 23.2 Å². The lowest BCUT2D eigenvalue weighted by Crippen LogP contribution is -2.51. The summed E-state index contributed by atoms with van der Waals surface area (Å²) >= 11 is 4.83. The fourth-order valence-corrected chi connectivity index (χ4v) is 5.15. The van der Waals surface area contributed by atoms with Crippen LogP contribution in [0.1, 0.15) is 47.1 Å². The van der Waals surface area contributed by atoms with Gasteiger partial charge in [0.05, 0.1) is 17.7 Å². The number of hydrogen-bond acceptors (Lipinski definition) is 6. The Hall–Kier alpha value is -2.35. The lowest BCUT2D eigenvalue weighted by molar-refractivity contribution is -0.137. The maximum absolute atomic E-state index is 12.3. The average Bonchev–Trinajstić information content (AvgIpc) is 3.38. The van der Waals surface area contributed by atoms with Gasteiger partial charge in [0, 0.05) is 32.6 Å². The molecule has 0 spiro atoms. The standard InChI is InChI=1S/C23H25N3O3S/c27-21-6-5-19(22(28)24-21)26-14-17-4-3-15(12-18(17)23(26)30)13-25-9-7-16(8-10-25)20-2-1-11-29-20/h1-4,7,11-12,19,23,30H,5-6,8-10,13-14H2,(H,24,27,28). The number of fused-ring (bicyclic) bond motifs is 1. The van der Waals surface area contributed by atoms with Gasteiger partial charge in [0.1, 0.15) is 5.76 Å². The zero-order chi connectivity index (χ0) is 20.7.